The maximum atomic E-state index is 4.49. The van der Waals surface area contributed by atoms with E-state index in [1.807, 2.05) is 7.05 Å². The minimum atomic E-state index is 0.420. The van der Waals surface area contributed by atoms with Gasteiger partial charge in [-0.3, -0.25) is 9.89 Å². The lowest BCUT2D eigenvalue weighted by Crippen LogP contribution is -2.52. The van der Waals surface area contributed by atoms with Gasteiger partial charge in [-0.05, 0) is 31.0 Å². The maximum Gasteiger partial charge on any atom is 0.194 e. The van der Waals surface area contributed by atoms with Gasteiger partial charge >= 0.3 is 0 Å². The van der Waals surface area contributed by atoms with E-state index in [9.17, 15) is 0 Å². The molecule has 2 aromatic rings. The highest BCUT2D eigenvalue weighted by Crippen LogP contribution is 2.23. The number of benzene rings is 1. The van der Waals surface area contributed by atoms with E-state index in [2.05, 4.69) is 82.0 Å². The van der Waals surface area contributed by atoms with E-state index in [0.717, 1.165) is 61.2 Å². The molecule has 150 valence electrons. The van der Waals surface area contributed by atoms with Gasteiger partial charge in [0.15, 0.2) is 11.8 Å². The summed E-state index contributed by atoms with van der Waals surface area (Å²) in [7, 11) is 1.85. The molecule has 1 unspecified atom stereocenters. The van der Waals surface area contributed by atoms with E-state index >= 15 is 0 Å². The third kappa shape index (κ3) is 4.07. The van der Waals surface area contributed by atoms with E-state index in [-0.39, 0.29) is 0 Å². The zero-order chi connectivity index (χ0) is 19.5. The molecule has 0 aliphatic carbocycles. The number of rotatable bonds is 4. The van der Waals surface area contributed by atoms with Crippen LogP contribution < -0.4 is 5.32 Å². The second kappa shape index (κ2) is 8.61. The summed E-state index contributed by atoms with van der Waals surface area (Å²) >= 11 is 3.52. The van der Waals surface area contributed by atoms with Crippen LogP contribution in [0.4, 0.5) is 0 Å². The van der Waals surface area contributed by atoms with Crippen molar-refractivity contribution in [3.63, 3.8) is 0 Å². The first-order valence-corrected chi connectivity index (χ1v) is 10.8. The number of fused-ring (bicyclic) bond motifs is 1. The molecule has 1 atom stereocenters. The maximum absolute atomic E-state index is 4.49. The van der Waals surface area contributed by atoms with Gasteiger partial charge in [-0.2, -0.15) is 0 Å². The highest BCUT2D eigenvalue weighted by atomic mass is 79.9. The summed E-state index contributed by atoms with van der Waals surface area (Å²) in [5.41, 5.74) is 1.36. The molecule has 3 heterocycles. The van der Waals surface area contributed by atoms with Gasteiger partial charge in [0.2, 0.25) is 0 Å². The highest BCUT2D eigenvalue weighted by molar-refractivity contribution is 9.10. The number of halogens is 1. The van der Waals surface area contributed by atoms with E-state index in [1.54, 1.807) is 0 Å². The van der Waals surface area contributed by atoms with Crippen molar-refractivity contribution in [2.75, 3.05) is 33.2 Å². The number of piperazine rings is 1. The van der Waals surface area contributed by atoms with Crippen molar-refractivity contribution in [2.45, 2.75) is 38.9 Å². The van der Waals surface area contributed by atoms with Gasteiger partial charge in [-0.25, -0.2) is 0 Å². The van der Waals surface area contributed by atoms with Crippen molar-refractivity contribution in [1.29, 1.82) is 0 Å². The van der Waals surface area contributed by atoms with Gasteiger partial charge < -0.3 is 14.8 Å². The lowest BCUT2D eigenvalue weighted by molar-refractivity contribution is 0.138. The second-order valence-corrected chi connectivity index (χ2v) is 8.35. The lowest BCUT2D eigenvalue weighted by atomic mass is 10.1. The monoisotopic (exact) mass is 445 g/mol. The van der Waals surface area contributed by atoms with Gasteiger partial charge in [0.05, 0.1) is 6.54 Å². The number of nitrogens with zero attached hydrogens (tertiary/aromatic N) is 6. The molecular formula is C20H28BrN7. The minimum Gasteiger partial charge on any atom is -0.349 e. The molecule has 8 heteroatoms. The Kier molecular flexibility index (Phi) is 5.96. The van der Waals surface area contributed by atoms with Crippen molar-refractivity contribution in [2.24, 2.45) is 4.99 Å². The Hall–Kier alpha value is -1.93. The standard InChI is InChI=1S/C20H28BrN7/c1-15(16-5-7-17(21)8-6-16)26-10-12-27(13-11-26)20(22-2)23-14-19-25-24-18-4-3-9-28(18)19/h5-8,15H,3-4,9-14H2,1-2H3,(H,22,23). The quantitative estimate of drug-likeness (QED) is 0.578. The summed E-state index contributed by atoms with van der Waals surface area (Å²) < 4.78 is 3.36. The Balaban J connectivity index is 1.31. The molecule has 1 saturated heterocycles. The first-order chi connectivity index (χ1) is 13.7. The van der Waals surface area contributed by atoms with Crippen LogP contribution in [-0.2, 0) is 19.5 Å². The van der Waals surface area contributed by atoms with Crippen LogP contribution in [0, 0.1) is 0 Å². The summed E-state index contributed by atoms with van der Waals surface area (Å²) in [6, 6.07) is 9.07. The molecule has 2 aliphatic rings. The predicted octanol–water partition coefficient (Wildman–Crippen LogP) is 2.44. The molecule has 2 aliphatic heterocycles. The Morgan fingerprint density at radius 3 is 2.61 bits per heavy atom. The number of nitrogens with one attached hydrogen (secondary N) is 1. The number of guanidine groups is 1. The number of aryl methyl sites for hydroxylation is 1. The van der Waals surface area contributed by atoms with Crippen molar-refractivity contribution in [3.8, 4) is 0 Å². The second-order valence-electron chi connectivity index (χ2n) is 7.44. The van der Waals surface area contributed by atoms with E-state index in [4.69, 9.17) is 0 Å². The van der Waals surface area contributed by atoms with Crippen LogP contribution in [-0.4, -0.2) is 63.8 Å². The third-order valence-corrected chi connectivity index (χ3v) is 6.35. The van der Waals surface area contributed by atoms with Crippen LogP contribution in [0.15, 0.2) is 33.7 Å². The largest absolute Gasteiger partial charge is 0.349 e. The van der Waals surface area contributed by atoms with Crippen molar-refractivity contribution < 1.29 is 0 Å². The SMILES string of the molecule is CN=C(NCc1nnc2n1CCC2)N1CCN(C(C)c2ccc(Br)cc2)CC1. The van der Waals surface area contributed by atoms with Gasteiger partial charge in [0, 0.05) is 56.7 Å². The molecule has 1 aromatic heterocycles. The van der Waals surface area contributed by atoms with Crippen LogP contribution in [0.1, 0.15) is 36.6 Å². The minimum absolute atomic E-state index is 0.420. The predicted molar refractivity (Wildman–Crippen MR) is 114 cm³/mol. The molecule has 0 saturated carbocycles. The smallest absolute Gasteiger partial charge is 0.194 e. The average Bonchev–Trinajstić information content (AvgIpc) is 3.34. The molecule has 0 spiro atoms. The van der Waals surface area contributed by atoms with Crippen molar-refractivity contribution >= 4 is 21.9 Å². The topological polar surface area (TPSA) is 61.6 Å². The molecule has 0 radical (unpaired) electrons. The molecule has 0 bridgehead atoms. The Bertz CT molecular complexity index is 822. The van der Waals surface area contributed by atoms with E-state index in [1.165, 1.54) is 12.0 Å². The van der Waals surface area contributed by atoms with Gasteiger partial charge in [0.1, 0.15) is 5.82 Å². The molecule has 1 fully saturated rings. The number of hydrogen-bond donors (Lipinski definition) is 1. The Labute approximate surface area is 175 Å². The molecule has 4 rings (SSSR count). The number of hydrogen-bond acceptors (Lipinski definition) is 4. The van der Waals surface area contributed by atoms with Gasteiger partial charge in [-0.15, -0.1) is 10.2 Å². The summed E-state index contributed by atoms with van der Waals surface area (Å²) in [5.74, 6) is 3.07. The van der Waals surface area contributed by atoms with Crippen molar-refractivity contribution in [3.05, 3.63) is 46.0 Å². The summed E-state index contributed by atoms with van der Waals surface area (Å²) in [6.45, 7) is 7.99. The number of aliphatic imine (C=N–C) groups is 1. The molecule has 1 aromatic carbocycles. The fourth-order valence-corrected chi connectivity index (χ4v) is 4.37. The summed E-state index contributed by atoms with van der Waals surface area (Å²) in [5, 5.41) is 12.1. The summed E-state index contributed by atoms with van der Waals surface area (Å²) in [6.07, 6.45) is 2.21. The van der Waals surface area contributed by atoms with Crippen LogP contribution in [0.2, 0.25) is 0 Å². The Morgan fingerprint density at radius 1 is 1.14 bits per heavy atom. The fourth-order valence-electron chi connectivity index (χ4n) is 4.11. The fraction of sp³-hybridized carbons (Fsp3) is 0.550. The van der Waals surface area contributed by atoms with Crippen LogP contribution in [0.3, 0.4) is 0 Å². The average molecular weight is 446 g/mol. The van der Waals surface area contributed by atoms with E-state index in [0.29, 0.717) is 12.6 Å². The lowest BCUT2D eigenvalue weighted by Gasteiger charge is -2.39. The third-order valence-electron chi connectivity index (χ3n) is 5.82. The molecule has 1 N–H and O–H groups in total. The zero-order valence-corrected chi connectivity index (χ0v) is 18.2. The first-order valence-electron chi connectivity index (χ1n) is 10.0. The van der Waals surface area contributed by atoms with Gasteiger partial charge in [-0.1, -0.05) is 28.1 Å². The van der Waals surface area contributed by atoms with Crippen LogP contribution >= 0.6 is 15.9 Å². The molecule has 28 heavy (non-hydrogen) atoms. The van der Waals surface area contributed by atoms with Crippen LogP contribution in [0.5, 0.6) is 0 Å². The van der Waals surface area contributed by atoms with Crippen molar-refractivity contribution in [1.82, 2.24) is 29.9 Å². The molecule has 7 nitrogen and oxygen atoms in total. The molecular weight excluding hydrogens is 418 g/mol. The summed E-state index contributed by atoms with van der Waals surface area (Å²) in [4.78, 5) is 9.37. The van der Waals surface area contributed by atoms with Gasteiger partial charge in [0.25, 0.3) is 0 Å². The van der Waals surface area contributed by atoms with E-state index < -0.39 is 0 Å². The Morgan fingerprint density at radius 2 is 1.89 bits per heavy atom. The zero-order valence-electron chi connectivity index (χ0n) is 16.6. The first kappa shape index (κ1) is 19.4. The molecule has 0 amide bonds. The highest BCUT2D eigenvalue weighted by Gasteiger charge is 2.24. The number of aromatic nitrogens is 3. The normalized spacial score (nSPS) is 19.0. The van der Waals surface area contributed by atoms with Crippen LogP contribution in [0.25, 0.3) is 0 Å².